The van der Waals surface area contributed by atoms with Crippen molar-refractivity contribution in [1.29, 1.82) is 0 Å². The fourth-order valence-electron chi connectivity index (χ4n) is 2.85. The molecule has 0 fully saturated rings. The van der Waals surface area contributed by atoms with Crippen LogP contribution in [0.4, 0.5) is 0 Å². The zero-order chi connectivity index (χ0) is 10.2. The second-order valence-corrected chi connectivity index (χ2v) is 20.7. The quantitative estimate of drug-likeness (QED) is 0.500. The lowest BCUT2D eigenvalue weighted by Gasteiger charge is -2.41. The Hall–Kier alpha value is 0.864. The van der Waals surface area contributed by atoms with E-state index in [0.29, 0.717) is 0 Å². The first-order valence-corrected chi connectivity index (χ1v) is 14.2. The van der Waals surface area contributed by atoms with Crippen LogP contribution in [0.15, 0.2) is 0 Å². The predicted molar refractivity (Wildman–Crippen MR) is 69.2 cm³/mol. The van der Waals surface area contributed by atoms with Crippen LogP contribution < -0.4 is 0 Å². The summed E-state index contributed by atoms with van der Waals surface area (Å²) in [5.41, 5.74) is 0. The molecule has 3 heteroatoms. The van der Waals surface area contributed by atoms with Gasteiger partial charge in [-0.2, -0.15) is 0 Å². The number of hydrogen-bond acceptors (Lipinski definition) is 0. The zero-order valence-electron chi connectivity index (χ0n) is 10.0. The first-order valence-electron chi connectivity index (χ1n) is 4.73. The van der Waals surface area contributed by atoms with E-state index in [1.807, 2.05) is 0 Å². The molecule has 0 atom stereocenters. The van der Waals surface area contributed by atoms with E-state index in [-0.39, 0.29) is 7.92 Å². The molecule has 0 heterocycles. The van der Waals surface area contributed by atoms with Crippen molar-refractivity contribution in [1.82, 2.24) is 0 Å². The van der Waals surface area contributed by atoms with Crippen molar-refractivity contribution in [2.24, 2.45) is 0 Å². The molecular formula is C9H25PSi2. The maximum absolute atomic E-state index is 2.54. The molecule has 0 unspecified atom stereocenters. The fraction of sp³-hybridized carbons (Fsp3) is 1.00. The first-order chi connectivity index (χ1) is 5.07. The van der Waals surface area contributed by atoms with E-state index in [9.17, 15) is 0 Å². The van der Waals surface area contributed by atoms with Crippen molar-refractivity contribution >= 4 is 24.1 Å². The summed E-state index contributed by atoms with van der Waals surface area (Å²) in [6.45, 7) is 20.2. The van der Waals surface area contributed by atoms with E-state index in [2.05, 4.69) is 52.6 Å². The molecule has 0 spiro atoms. The monoisotopic (exact) mass is 220 g/mol. The Bertz CT molecular complexity index is 128. The molecule has 74 valence electrons. The molecule has 0 N–H and O–H groups in total. The van der Waals surface area contributed by atoms with Crippen molar-refractivity contribution in [2.45, 2.75) is 44.2 Å². The second kappa shape index (κ2) is 3.93. The maximum atomic E-state index is 2.54. The minimum absolute atomic E-state index is 0.283. The molecule has 0 rings (SSSR count). The van der Waals surface area contributed by atoms with Crippen LogP contribution in [0, 0.1) is 0 Å². The topological polar surface area (TPSA) is 0 Å². The lowest BCUT2D eigenvalue weighted by atomic mass is 11.7. The van der Waals surface area contributed by atoms with Crippen LogP contribution in [-0.4, -0.2) is 34.4 Å². The largest absolute Gasteiger partial charge is 0.115 e. The third-order valence-electron chi connectivity index (χ3n) is 2.16. The maximum Gasteiger partial charge on any atom is 0.0491 e. The molecule has 0 radical (unpaired) electrons. The summed E-state index contributed by atoms with van der Waals surface area (Å²) in [4.78, 5) is 1.12. The SMILES string of the molecule is CP(C)C([Si](C)(C)C)[Si](C)(C)C. The zero-order valence-corrected chi connectivity index (χ0v) is 12.9. The van der Waals surface area contributed by atoms with Crippen molar-refractivity contribution in [3.05, 3.63) is 0 Å². The summed E-state index contributed by atoms with van der Waals surface area (Å²) in [7, 11) is -1.51. The molecular weight excluding hydrogens is 195 g/mol. The second-order valence-electron chi connectivity index (χ2n) is 6.10. The van der Waals surface area contributed by atoms with Gasteiger partial charge in [0, 0.05) is 16.1 Å². The van der Waals surface area contributed by atoms with Gasteiger partial charge in [0.2, 0.25) is 0 Å². The van der Waals surface area contributed by atoms with Crippen LogP contribution in [0.3, 0.4) is 0 Å². The number of rotatable bonds is 3. The average molecular weight is 220 g/mol. The highest BCUT2D eigenvalue weighted by Gasteiger charge is 2.39. The molecule has 0 aromatic heterocycles. The molecule has 0 aromatic rings. The normalized spacial score (nSPS) is 14.5. The van der Waals surface area contributed by atoms with E-state index < -0.39 is 16.1 Å². The Morgan fingerprint density at radius 3 is 1.00 bits per heavy atom. The molecule has 0 bridgehead atoms. The van der Waals surface area contributed by atoms with Crippen LogP contribution in [0.1, 0.15) is 0 Å². The number of hydrogen-bond donors (Lipinski definition) is 0. The third-order valence-corrected chi connectivity index (χ3v) is 19.4. The minimum Gasteiger partial charge on any atom is -0.115 e. The summed E-state index contributed by atoms with van der Waals surface area (Å²) in [6.07, 6.45) is 0. The van der Waals surface area contributed by atoms with Crippen LogP contribution in [0.2, 0.25) is 39.3 Å². The fourth-order valence-corrected chi connectivity index (χ4v) is 25.6. The van der Waals surface area contributed by atoms with E-state index in [0.717, 1.165) is 4.91 Å². The molecule has 0 nitrogen and oxygen atoms in total. The van der Waals surface area contributed by atoms with Gasteiger partial charge in [0.1, 0.15) is 0 Å². The molecule has 0 aliphatic carbocycles. The van der Waals surface area contributed by atoms with Gasteiger partial charge >= 0.3 is 0 Å². The lowest BCUT2D eigenvalue weighted by Crippen LogP contribution is -2.52. The van der Waals surface area contributed by atoms with Crippen molar-refractivity contribution < 1.29 is 0 Å². The van der Waals surface area contributed by atoms with E-state index in [1.165, 1.54) is 0 Å². The van der Waals surface area contributed by atoms with Gasteiger partial charge in [0.25, 0.3) is 0 Å². The van der Waals surface area contributed by atoms with Gasteiger partial charge in [-0.3, -0.25) is 0 Å². The van der Waals surface area contributed by atoms with Gasteiger partial charge in [-0.15, -0.1) is 7.92 Å². The van der Waals surface area contributed by atoms with E-state index >= 15 is 0 Å². The van der Waals surface area contributed by atoms with Gasteiger partial charge in [-0.05, 0) is 18.2 Å². The Morgan fingerprint density at radius 1 is 0.750 bits per heavy atom. The average Bonchev–Trinajstić information content (AvgIpc) is 1.49. The highest BCUT2D eigenvalue weighted by atomic mass is 31.1. The molecule has 0 aromatic carbocycles. The Labute approximate surface area is 81.9 Å². The van der Waals surface area contributed by atoms with E-state index in [1.54, 1.807) is 0 Å². The van der Waals surface area contributed by atoms with Crippen LogP contribution in [0.25, 0.3) is 0 Å². The van der Waals surface area contributed by atoms with Gasteiger partial charge in [-0.1, -0.05) is 39.3 Å². The highest BCUT2D eigenvalue weighted by Crippen LogP contribution is 2.43. The standard InChI is InChI=1S/C9H25PSi2/c1-10(2)9(11(3,4)5)12(6,7)8/h9H,1-8H3. The molecule has 0 saturated heterocycles. The van der Waals surface area contributed by atoms with Crippen LogP contribution >= 0.6 is 7.92 Å². The first kappa shape index (κ1) is 12.9. The molecule has 0 aliphatic heterocycles. The summed E-state index contributed by atoms with van der Waals surface area (Å²) in [5.74, 6) is 0. The Balaban J connectivity index is 4.70. The van der Waals surface area contributed by atoms with Crippen molar-refractivity contribution in [3.8, 4) is 0 Å². The Morgan fingerprint density at radius 2 is 1.00 bits per heavy atom. The van der Waals surface area contributed by atoms with Gasteiger partial charge in [0.05, 0.1) is 0 Å². The minimum atomic E-state index is -0.895. The molecule has 0 amide bonds. The smallest absolute Gasteiger partial charge is 0.0491 e. The molecule has 0 aliphatic rings. The van der Waals surface area contributed by atoms with Crippen LogP contribution in [0.5, 0.6) is 0 Å². The van der Waals surface area contributed by atoms with Crippen molar-refractivity contribution in [2.75, 3.05) is 13.3 Å². The summed E-state index contributed by atoms with van der Waals surface area (Å²) in [5, 5.41) is 0. The third kappa shape index (κ3) is 3.72. The Kier molecular flexibility index (Phi) is 4.22. The van der Waals surface area contributed by atoms with E-state index in [4.69, 9.17) is 0 Å². The van der Waals surface area contributed by atoms with Crippen LogP contribution in [-0.2, 0) is 0 Å². The van der Waals surface area contributed by atoms with Gasteiger partial charge in [-0.25, -0.2) is 0 Å². The lowest BCUT2D eigenvalue weighted by molar-refractivity contribution is 1.44. The summed E-state index contributed by atoms with van der Waals surface area (Å²) < 4.78 is 0. The highest BCUT2D eigenvalue weighted by molar-refractivity contribution is 7.63. The summed E-state index contributed by atoms with van der Waals surface area (Å²) in [6, 6.07) is 0. The molecule has 12 heavy (non-hydrogen) atoms. The summed E-state index contributed by atoms with van der Waals surface area (Å²) >= 11 is 0. The van der Waals surface area contributed by atoms with Crippen molar-refractivity contribution in [3.63, 3.8) is 0 Å². The van der Waals surface area contributed by atoms with Gasteiger partial charge < -0.3 is 0 Å². The predicted octanol–water partition coefficient (Wildman–Crippen LogP) is 3.85. The molecule has 0 saturated carbocycles. The van der Waals surface area contributed by atoms with Gasteiger partial charge in [0.15, 0.2) is 0 Å².